The van der Waals surface area contributed by atoms with Crippen molar-refractivity contribution in [3.63, 3.8) is 0 Å². The molecule has 60 valence electrons. The van der Waals surface area contributed by atoms with Gasteiger partial charge in [0, 0.05) is 18.7 Å². The first-order chi connectivity index (χ1) is 5.43. The molecule has 0 aromatic carbocycles. The number of hydrogen-bond acceptors (Lipinski definition) is 2. The molecule has 1 rings (SSSR count). The first-order valence-corrected chi connectivity index (χ1v) is 3.76. The molecule has 0 fully saturated rings. The molecule has 0 aliphatic heterocycles. The molecule has 0 radical (unpaired) electrons. The van der Waals surface area contributed by atoms with Gasteiger partial charge in [0.25, 0.3) is 0 Å². The Morgan fingerprint density at radius 2 is 2.55 bits per heavy atom. The van der Waals surface area contributed by atoms with Gasteiger partial charge in [0.2, 0.25) is 0 Å². The van der Waals surface area contributed by atoms with E-state index < -0.39 is 0 Å². The Balaban J connectivity index is 2.14. The molecule has 0 aliphatic carbocycles. The molecule has 0 aliphatic rings. The van der Waals surface area contributed by atoms with Gasteiger partial charge in [-0.05, 0) is 13.0 Å². The summed E-state index contributed by atoms with van der Waals surface area (Å²) in [7, 11) is 0. The standard InChI is InChI=1S/C9H13NO/c1-2-3-5-10-7-9-4-6-11-8-9/h2-4,6,8,10H,5,7H2,1H3/b3-2+. The zero-order valence-corrected chi connectivity index (χ0v) is 6.71. The fourth-order valence-electron chi connectivity index (χ4n) is 0.811. The average Bonchev–Trinajstić information content (AvgIpc) is 2.50. The highest BCUT2D eigenvalue weighted by atomic mass is 16.3. The van der Waals surface area contributed by atoms with E-state index in [1.54, 1.807) is 12.5 Å². The van der Waals surface area contributed by atoms with Crippen LogP contribution in [0.15, 0.2) is 35.2 Å². The maximum Gasteiger partial charge on any atom is 0.0947 e. The predicted octanol–water partition coefficient (Wildman–Crippen LogP) is 1.95. The summed E-state index contributed by atoms with van der Waals surface area (Å²) < 4.78 is 4.91. The maximum atomic E-state index is 4.91. The smallest absolute Gasteiger partial charge is 0.0947 e. The van der Waals surface area contributed by atoms with Crippen molar-refractivity contribution in [3.05, 3.63) is 36.3 Å². The molecule has 0 saturated heterocycles. The van der Waals surface area contributed by atoms with Gasteiger partial charge >= 0.3 is 0 Å². The summed E-state index contributed by atoms with van der Waals surface area (Å²) in [6.45, 7) is 3.81. The monoisotopic (exact) mass is 151 g/mol. The number of hydrogen-bond donors (Lipinski definition) is 1. The van der Waals surface area contributed by atoms with Gasteiger partial charge < -0.3 is 9.73 Å². The van der Waals surface area contributed by atoms with Crippen molar-refractivity contribution in [1.29, 1.82) is 0 Å². The van der Waals surface area contributed by atoms with Crippen molar-refractivity contribution in [3.8, 4) is 0 Å². The van der Waals surface area contributed by atoms with Gasteiger partial charge in [-0.25, -0.2) is 0 Å². The second kappa shape index (κ2) is 4.74. The fourth-order valence-corrected chi connectivity index (χ4v) is 0.811. The molecule has 0 saturated carbocycles. The molecular weight excluding hydrogens is 138 g/mol. The maximum absolute atomic E-state index is 4.91. The topological polar surface area (TPSA) is 25.2 Å². The molecule has 11 heavy (non-hydrogen) atoms. The van der Waals surface area contributed by atoms with Crippen molar-refractivity contribution < 1.29 is 4.42 Å². The van der Waals surface area contributed by atoms with Crippen LogP contribution in [0.25, 0.3) is 0 Å². The molecule has 1 aromatic rings. The van der Waals surface area contributed by atoms with Gasteiger partial charge in [0.15, 0.2) is 0 Å². The lowest BCUT2D eigenvalue weighted by Crippen LogP contribution is -2.11. The highest BCUT2D eigenvalue weighted by Gasteiger charge is 1.89. The highest BCUT2D eigenvalue weighted by Crippen LogP contribution is 1.97. The van der Waals surface area contributed by atoms with Gasteiger partial charge in [-0.15, -0.1) is 0 Å². The Morgan fingerprint density at radius 1 is 1.64 bits per heavy atom. The Bertz CT molecular complexity index is 201. The van der Waals surface area contributed by atoms with Crippen LogP contribution in [-0.4, -0.2) is 6.54 Å². The third kappa shape index (κ3) is 3.05. The Labute approximate surface area is 66.9 Å². The van der Waals surface area contributed by atoms with E-state index in [1.807, 2.05) is 19.1 Å². The molecule has 0 spiro atoms. The van der Waals surface area contributed by atoms with Crippen LogP contribution < -0.4 is 5.32 Å². The molecule has 0 unspecified atom stereocenters. The zero-order chi connectivity index (χ0) is 7.94. The first-order valence-electron chi connectivity index (χ1n) is 3.76. The molecule has 0 amide bonds. The molecule has 2 nitrogen and oxygen atoms in total. The van der Waals surface area contributed by atoms with Gasteiger partial charge in [-0.2, -0.15) is 0 Å². The number of rotatable bonds is 4. The minimum atomic E-state index is 0.876. The van der Waals surface area contributed by atoms with Crippen molar-refractivity contribution in [2.75, 3.05) is 6.54 Å². The minimum Gasteiger partial charge on any atom is -0.472 e. The average molecular weight is 151 g/mol. The van der Waals surface area contributed by atoms with Crippen molar-refractivity contribution in [2.45, 2.75) is 13.5 Å². The summed E-state index contributed by atoms with van der Waals surface area (Å²) >= 11 is 0. The lowest BCUT2D eigenvalue weighted by molar-refractivity contribution is 0.561. The summed E-state index contributed by atoms with van der Waals surface area (Å²) in [4.78, 5) is 0. The third-order valence-electron chi connectivity index (χ3n) is 1.41. The summed E-state index contributed by atoms with van der Waals surface area (Å²) in [5, 5.41) is 3.24. The highest BCUT2D eigenvalue weighted by molar-refractivity contribution is 5.04. The van der Waals surface area contributed by atoms with Crippen LogP contribution in [-0.2, 0) is 6.54 Å². The van der Waals surface area contributed by atoms with Crippen molar-refractivity contribution in [2.24, 2.45) is 0 Å². The van der Waals surface area contributed by atoms with E-state index in [0.717, 1.165) is 13.1 Å². The Morgan fingerprint density at radius 3 is 3.18 bits per heavy atom. The molecule has 2 heteroatoms. The number of nitrogens with one attached hydrogen (secondary N) is 1. The third-order valence-corrected chi connectivity index (χ3v) is 1.41. The van der Waals surface area contributed by atoms with E-state index in [-0.39, 0.29) is 0 Å². The summed E-state index contributed by atoms with van der Waals surface area (Å²) in [6.07, 6.45) is 7.55. The number of furan rings is 1. The minimum absolute atomic E-state index is 0.876. The van der Waals surface area contributed by atoms with Gasteiger partial charge in [-0.1, -0.05) is 12.2 Å². The summed E-state index contributed by atoms with van der Waals surface area (Å²) in [5.41, 5.74) is 1.19. The van der Waals surface area contributed by atoms with Crippen molar-refractivity contribution in [1.82, 2.24) is 5.32 Å². The largest absolute Gasteiger partial charge is 0.472 e. The Kier molecular flexibility index (Phi) is 3.48. The normalized spacial score (nSPS) is 11.0. The molecular formula is C9H13NO. The zero-order valence-electron chi connectivity index (χ0n) is 6.71. The predicted molar refractivity (Wildman–Crippen MR) is 45.2 cm³/mol. The summed E-state index contributed by atoms with van der Waals surface area (Å²) in [5.74, 6) is 0. The molecule has 1 N–H and O–H groups in total. The summed E-state index contributed by atoms with van der Waals surface area (Å²) in [6, 6.07) is 1.96. The van der Waals surface area contributed by atoms with Crippen molar-refractivity contribution >= 4 is 0 Å². The first kappa shape index (κ1) is 8.08. The van der Waals surface area contributed by atoms with Crippen LogP contribution in [0.1, 0.15) is 12.5 Å². The van der Waals surface area contributed by atoms with Crippen LogP contribution in [0.4, 0.5) is 0 Å². The van der Waals surface area contributed by atoms with Gasteiger partial charge in [0.1, 0.15) is 0 Å². The quantitative estimate of drug-likeness (QED) is 0.525. The van der Waals surface area contributed by atoms with Crippen LogP contribution in [0.2, 0.25) is 0 Å². The molecule has 1 aromatic heterocycles. The van der Waals surface area contributed by atoms with E-state index >= 15 is 0 Å². The van der Waals surface area contributed by atoms with E-state index in [4.69, 9.17) is 4.42 Å². The molecule has 1 heterocycles. The van der Waals surface area contributed by atoms with Crippen LogP contribution in [0.5, 0.6) is 0 Å². The van der Waals surface area contributed by atoms with Gasteiger partial charge in [0.05, 0.1) is 12.5 Å². The second-order valence-corrected chi connectivity index (χ2v) is 2.33. The lowest BCUT2D eigenvalue weighted by atomic mass is 10.3. The van der Waals surface area contributed by atoms with Crippen LogP contribution in [0.3, 0.4) is 0 Å². The van der Waals surface area contributed by atoms with Crippen LogP contribution >= 0.6 is 0 Å². The van der Waals surface area contributed by atoms with E-state index in [1.165, 1.54) is 5.56 Å². The number of allylic oxidation sites excluding steroid dienone is 1. The molecule has 0 bridgehead atoms. The lowest BCUT2D eigenvalue weighted by Gasteiger charge is -1.95. The van der Waals surface area contributed by atoms with E-state index in [2.05, 4.69) is 11.4 Å². The van der Waals surface area contributed by atoms with E-state index in [0.29, 0.717) is 0 Å². The second-order valence-electron chi connectivity index (χ2n) is 2.33. The van der Waals surface area contributed by atoms with E-state index in [9.17, 15) is 0 Å². The molecule has 0 atom stereocenters. The van der Waals surface area contributed by atoms with Crippen LogP contribution in [0, 0.1) is 0 Å². The fraction of sp³-hybridized carbons (Fsp3) is 0.333. The van der Waals surface area contributed by atoms with Gasteiger partial charge in [-0.3, -0.25) is 0 Å². The SMILES string of the molecule is C/C=C/CNCc1ccoc1. The Hall–Kier alpha value is -1.02.